The summed E-state index contributed by atoms with van der Waals surface area (Å²) < 4.78 is 4.99. The second-order valence-electron chi connectivity index (χ2n) is 3.73. The first kappa shape index (κ1) is 13.9. The van der Waals surface area contributed by atoms with Crippen molar-refractivity contribution in [2.45, 2.75) is 6.92 Å². The number of rotatable bonds is 5. The number of nitrogens with one attached hydrogen (secondary N) is 2. The van der Waals surface area contributed by atoms with Crippen LogP contribution in [0.5, 0.6) is 0 Å². The lowest BCUT2D eigenvalue weighted by Gasteiger charge is -2.03. The molecule has 0 saturated heterocycles. The molecule has 0 spiro atoms. The number of halogens is 1. The Kier molecular flexibility index (Phi) is 4.58. The highest BCUT2D eigenvalue weighted by molar-refractivity contribution is 6.30. The van der Waals surface area contributed by atoms with Crippen LogP contribution < -0.4 is 5.32 Å². The molecule has 0 aliphatic heterocycles. The van der Waals surface area contributed by atoms with Crippen molar-refractivity contribution in [1.82, 2.24) is 10.2 Å². The normalized spacial score (nSPS) is 10.4. The highest BCUT2D eigenvalue weighted by Crippen LogP contribution is 2.26. The van der Waals surface area contributed by atoms with E-state index in [0.29, 0.717) is 28.8 Å². The Balaban J connectivity index is 2.23. The van der Waals surface area contributed by atoms with Gasteiger partial charge in [0.2, 0.25) is 0 Å². The maximum atomic E-state index is 9.19. The highest BCUT2D eigenvalue weighted by atomic mass is 35.5. The number of aliphatic imine (C=N–C) groups is 1. The zero-order valence-electron chi connectivity index (χ0n) is 10.7. The standard InChI is InChI=1S/C13H12ClN5O/c1-2-20-8-16-12-11(7-15)13(19-18-12)17-10-5-3-4-9(14)6-10/h3-6,8H,2H2,1H3,(H2,17,18,19)/b16-8+. The number of hydrogen-bond acceptors (Lipinski definition) is 5. The van der Waals surface area contributed by atoms with E-state index in [1.165, 1.54) is 6.40 Å². The molecule has 0 radical (unpaired) electrons. The summed E-state index contributed by atoms with van der Waals surface area (Å²) in [6, 6.07) is 9.18. The maximum Gasteiger partial charge on any atom is 0.176 e. The van der Waals surface area contributed by atoms with Crippen molar-refractivity contribution >= 4 is 35.3 Å². The fourth-order valence-corrected chi connectivity index (χ4v) is 1.68. The van der Waals surface area contributed by atoms with E-state index in [1.54, 1.807) is 18.2 Å². The van der Waals surface area contributed by atoms with Gasteiger partial charge in [0, 0.05) is 10.7 Å². The van der Waals surface area contributed by atoms with E-state index < -0.39 is 0 Å². The molecule has 2 rings (SSSR count). The molecule has 0 bridgehead atoms. The van der Waals surface area contributed by atoms with Crippen molar-refractivity contribution in [3.05, 3.63) is 34.9 Å². The van der Waals surface area contributed by atoms with Gasteiger partial charge < -0.3 is 10.1 Å². The molecular formula is C13H12ClN5O. The Hall–Kier alpha value is -2.52. The van der Waals surface area contributed by atoms with Gasteiger partial charge in [0.05, 0.1) is 6.61 Å². The minimum Gasteiger partial charge on any atom is -0.483 e. The Morgan fingerprint density at radius 2 is 2.45 bits per heavy atom. The Morgan fingerprint density at radius 1 is 1.60 bits per heavy atom. The number of nitriles is 1. The van der Waals surface area contributed by atoms with Gasteiger partial charge in [-0.05, 0) is 25.1 Å². The maximum absolute atomic E-state index is 9.19. The summed E-state index contributed by atoms with van der Waals surface area (Å²) in [7, 11) is 0. The molecule has 6 nitrogen and oxygen atoms in total. The van der Waals surface area contributed by atoms with Crippen LogP contribution in [0.3, 0.4) is 0 Å². The van der Waals surface area contributed by atoms with Gasteiger partial charge >= 0.3 is 0 Å². The number of hydrogen-bond donors (Lipinski definition) is 2. The van der Waals surface area contributed by atoms with Crippen molar-refractivity contribution < 1.29 is 4.74 Å². The monoisotopic (exact) mass is 289 g/mol. The molecule has 0 amide bonds. The minimum absolute atomic E-state index is 0.306. The third-order valence-corrected chi connectivity index (χ3v) is 2.60. The van der Waals surface area contributed by atoms with Gasteiger partial charge in [0.1, 0.15) is 11.6 Å². The van der Waals surface area contributed by atoms with E-state index in [1.807, 2.05) is 19.1 Å². The highest BCUT2D eigenvalue weighted by Gasteiger charge is 2.12. The number of ether oxygens (including phenoxy) is 1. The molecule has 0 saturated carbocycles. The Bertz CT molecular complexity index is 659. The summed E-state index contributed by atoms with van der Waals surface area (Å²) in [4.78, 5) is 3.99. The van der Waals surface area contributed by atoms with Gasteiger partial charge in [-0.15, -0.1) is 0 Å². The molecule has 0 atom stereocenters. The van der Waals surface area contributed by atoms with Crippen LogP contribution in [0.15, 0.2) is 29.3 Å². The van der Waals surface area contributed by atoms with Gasteiger partial charge in [-0.1, -0.05) is 17.7 Å². The van der Waals surface area contributed by atoms with Crippen LogP contribution >= 0.6 is 11.6 Å². The zero-order chi connectivity index (χ0) is 14.4. The molecule has 0 aliphatic carbocycles. The van der Waals surface area contributed by atoms with E-state index in [-0.39, 0.29) is 0 Å². The first-order valence-corrected chi connectivity index (χ1v) is 6.27. The molecule has 7 heteroatoms. The lowest BCUT2D eigenvalue weighted by Crippen LogP contribution is -1.92. The van der Waals surface area contributed by atoms with Crippen molar-refractivity contribution in [3.63, 3.8) is 0 Å². The Labute approximate surface area is 121 Å². The summed E-state index contributed by atoms with van der Waals surface area (Å²) in [6.45, 7) is 2.35. The lowest BCUT2D eigenvalue weighted by atomic mass is 10.3. The van der Waals surface area contributed by atoms with Gasteiger partial charge in [0.15, 0.2) is 18.0 Å². The lowest BCUT2D eigenvalue weighted by molar-refractivity contribution is 0.344. The number of benzene rings is 1. The minimum atomic E-state index is 0.306. The van der Waals surface area contributed by atoms with Gasteiger partial charge in [0.25, 0.3) is 0 Å². The molecule has 2 aromatic rings. The summed E-state index contributed by atoms with van der Waals surface area (Å²) >= 11 is 5.90. The van der Waals surface area contributed by atoms with Crippen molar-refractivity contribution in [2.24, 2.45) is 4.99 Å². The average Bonchev–Trinajstić information content (AvgIpc) is 2.81. The van der Waals surface area contributed by atoms with E-state index in [2.05, 4.69) is 20.5 Å². The number of nitrogens with zero attached hydrogens (tertiary/aromatic N) is 3. The van der Waals surface area contributed by atoms with Crippen LogP contribution in [0, 0.1) is 11.3 Å². The quantitative estimate of drug-likeness (QED) is 0.652. The zero-order valence-corrected chi connectivity index (χ0v) is 11.5. The van der Waals surface area contributed by atoms with Crippen molar-refractivity contribution in [2.75, 3.05) is 11.9 Å². The van der Waals surface area contributed by atoms with Crippen LogP contribution in [-0.4, -0.2) is 23.2 Å². The summed E-state index contributed by atoms with van der Waals surface area (Å²) in [5, 5.41) is 19.5. The van der Waals surface area contributed by atoms with Crippen LogP contribution in [0.2, 0.25) is 5.02 Å². The molecule has 102 valence electrons. The molecular weight excluding hydrogens is 278 g/mol. The van der Waals surface area contributed by atoms with Crippen LogP contribution in [0.4, 0.5) is 17.3 Å². The fraction of sp³-hybridized carbons (Fsp3) is 0.154. The molecule has 0 unspecified atom stereocenters. The van der Waals surface area contributed by atoms with Crippen LogP contribution in [0.1, 0.15) is 12.5 Å². The van der Waals surface area contributed by atoms with E-state index in [0.717, 1.165) is 5.69 Å². The van der Waals surface area contributed by atoms with Crippen molar-refractivity contribution in [3.8, 4) is 6.07 Å². The van der Waals surface area contributed by atoms with Crippen molar-refractivity contribution in [1.29, 1.82) is 5.26 Å². The molecule has 2 N–H and O–H groups in total. The van der Waals surface area contributed by atoms with Gasteiger partial charge in [-0.3, -0.25) is 5.10 Å². The molecule has 1 aromatic carbocycles. The molecule has 20 heavy (non-hydrogen) atoms. The first-order valence-electron chi connectivity index (χ1n) is 5.89. The number of anilines is 2. The average molecular weight is 290 g/mol. The van der Waals surface area contributed by atoms with E-state index in [9.17, 15) is 5.26 Å². The topological polar surface area (TPSA) is 86.1 Å². The van der Waals surface area contributed by atoms with Crippen LogP contribution in [0.25, 0.3) is 0 Å². The smallest absolute Gasteiger partial charge is 0.176 e. The largest absolute Gasteiger partial charge is 0.483 e. The first-order chi connectivity index (χ1) is 9.74. The predicted molar refractivity (Wildman–Crippen MR) is 77.8 cm³/mol. The molecule has 1 heterocycles. The SMILES string of the molecule is CCO/C=N/c1[nH]nc(Nc2cccc(Cl)c2)c1C#N. The molecule has 0 aliphatic rings. The second-order valence-corrected chi connectivity index (χ2v) is 4.17. The van der Waals surface area contributed by atoms with Crippen LogP contribution in [-0.2, 0) is 4.74 Å². The number of aromatic nitrogens is 2. The fourth-order valence-electron chi connectivity index (χ4n) is 1.49. The Morgan fingerprint density at radius 3 is 3.15 bits per heavy atom. The predicted octanol–water partition coefficient (Wildman–Crippen LogP) is 3.37. The second kappa shape index (κ2) is 6.59. The summed E-state index contributed by atoms with van der Waals surface area (Å²) in [5.41, 5.74) is 1.04. The summed E-state index contributed by atoms with van der Waals surface area (Å²) in [6.07, 6.45) is 1.28. The molecule has 0 fully saturated rings. The van der Waals surface area contributed by atoms with Gasteiger partial charge in [-0.25, -0.2) is 4.99 Å². The third-order valence-electron chi connectivity index (χ3n) is 2.37. The summed E-state index contributed by atoms with van der Waals surface area (Å²) in [5.74, 6) is 0.726. The number of aromatic amines is 1. The molecule has 1 aromatic heterocycles. The number of H-pyrrole nitrogens is 1. The van der Waals surface area contributed by atoms with E-state index >= 15 is 0 Å². The van der Waals surface area contributed by atoms with Gasteiger partial charge in [-0.2, -0.15) is 10.4 Å². The third kappa shape index (κ3) is 3.28. The van der Waals surface area contributed by atoms with E-state index in [4.69, 9.17) is 16.3 Å².